The number of hydrogen-bond acceptors (Lipinski definition) is 5. The second-order valence-corrected chi connectivity index (χ2v) is 5.70. The summed E-state index contributed by atoms with van der Waals surface area (Å²) < 4.78 is 7.85. The second-order valence-electron chi connectivity index (χ2n) is 5.70. The number of rotatable bonds is 2. The lowest BCUT2D eigenvalue weighted by atomic mass is 9.95. The number of nitrogens with zero attached hydrogens (tertiary/aromatic N) is 4. The summed E-state index contributed by atoms with van der Waals surface area (Å²) >= 11 is 0. The fraction of sp³-hybridized carbons (Fsp3) is 0.500. The molecule has 6 nitrogen and oxygen atoms in total. The predicted octanol–water partition coefficient (Wildman–Crippen LogP) is 1.72. The number of aryl methyl sites for hydroxylation is 1. The second kappa shape index (κ2) is 4.28. The Kier molecular flexibility index (Phi) is 2.53. The quantitative estimate of drug-likeness (QED) is 0.841. The molecule has 2 aliphatic heterocycles. The van der Waals surface area contributed by atoms with Gasteiger partial charge < -0.3 is 10.5 Å². The van der Waals surface area contributed by atoms with Crippen LogP contribution in [0.3, 0.4) is 0 Å². The Morgan fingerprint density at radius 3 is 2.95 bits per heavy atom. The Morgan fingerprint density at radius 2 is 2.25 bits per heavy atom. The molecular weight excluding hydrogens is 254 g/mol. The van der Waals surface area contributed by atoms with Crippen molar-refractivity contribution in [2.75, 3.05) is 5.73 Å². The predicted molar refractivity (Wildman–Crippen MR) is 74.0 cm³/mol. The van der Waals surface area contributed by atoms with E-state index in [0.29, 0.717) is 6.10 Å². The number of anilines is 1. The van der Waals surface area contributed by atoms with Gasteiger partial charge in [-0.2, -0.15) is 0 Å². The number of ether oxygens (including phenoxy) is 1. The normalized spacial score (nSPS) is 28.1. The van der Waals surface area contributed by atoms with E-state index < -0.39 is 0 Å². The number of nitrogens with two attached hydrogens (primary N) is 1. The topological polar surface area (TPSA) is 78.9 Å². The van der Waals surface area contributed by atoms with Crippen LogP contribution in [0.15, 0.2) is 18.2 Å². The van der Waals surface area contributed by atoms with Crippen LogP contribution >= 0.6 is 0 Å². The standard InChI is InChI=1S/C14H17N5O/c1-8-6-9(15)2-4-11(8)14-16-17-18-19(14)12-7-10-3-5-13(12)20-10/h2,4,6,10,12-13H,3,5,7,15H2,1H3. The molecule has 2 aliphatic rings. The summed E-state index contributed by atoms with van der Waals surface area (Å²) in [6, 6.07) is 6.08. The first kappa shape index (κ1) is 11.8. The summed E-state index contributed by atoms with van der Waals surface area (Å²) in [6.07, 6.45) is 3.93. The van der Waals surface area contributed by atoms with Gasteiger partial charge >= 0.3 is 0 Å². The van der Waals surface area contributed by atoms with Crippen molar-refractivity contribution >= 4 is 5.69 Å². The van der Waals surface area contributed by atoms with E-state index >= 15 is 0 Å². The van der Waals surface area contributed by atoms with Gasteiger partial charge in [-0.05, 0) is 60.4 Å². The summed E-state index contributed by atoms with van der Waals surface area (Å²) in [7, 11) is 0. The molecule has 2 saturated heterocycles. The third kappa shape index (κ3) is 1.71. The summed E-state index contributed by atoms with van der Waals surface area (Å²) in [5.74, 6) is 0.809. The third-order valence-corrected chi connectivity index (χ3v) is 4.37. The van der Waals surface area contributed by atoms with Crippen LogP contribution in [0.5, 0.6) is 0 Å². The molecule has 20 heavy (non-hydrogen) atoms. The maximum atomic E-state index is 5.91. The van der Waals surface area contributed by atoms with Crippen LogP contribution in [-0.2, 0) is 4.74 Å². The molecule has 1 aromatic carbocycles. The van der Waals surface area contributed by atoms with Crippen molar-refractivity contribution in [2.45, 2.75) is 44.4 Å². The Bertz CT molecular complexity index is 653. The summed E-state index contributed by atoms with van der Waals surface area (Å²) in [5, 5.41) is 12.3. The smallest absolute Gasteiger partial charge is 0.182 e. The van der Waals surface area contributed by atoms with Gasteiger partial charge in [0.15, 0.2) is 5.82 Å². The number of hydrogen-bond donors (Lipinski definition) is 1. The highest BCUT2D eigenvalue weighted by Gasteiger charge is 2.43. The van der Waals surface area contributed by atoms with Crippen LogP contribution < -0.4 is 5.73 Å². The minimum atomic E-state index is 0.260. The maximum Gasteiger partial charge on any atom is 0.182 e. The molecule has 2 bridgehead atoms. The van der Waals surface area contributed by atoms with E-state index in [0.717, 1.165) is 35.5 Å². The number of benzene rings is 1. The van der Waals surface area contributed by atoms with E-state index in [1.807, 2.05) is 29.8 Å². The van der Waals surface area contributed by atoms with E-state index in [9.17, 15) is 0 Å². The molecule has 0 radical (unpaired) electrons. The van der Waals surface area contributed by atoms with Gasteiger partial charge in [-0.3, -0.25) is 0 Å². The Hall–Kier alpha value is -1.95. The van der Waals surface area contributed by atoms with E-state index in [-0.39, 0.29) is 12.1 Å². The third-order valence-electron chi connectivity index (χ3n) is 4.37. The van der Waals surface area contributed by atoms with Crippen molar-refractivity contribution in [1.82, 2.24) is 20.2 Å². The van der Waals surface area contributed by atoms with Crippen LogP contribution in [-0.4, -0.2) is 32.4 Å². The average Bonchev–Trinajstić information content (AvgIpc) is 3.14. The molecule has 2 N–H and O–H groups in total. The zero-order valence-corrected chi connectivity index (χ0v) is 11.4. The Morgan fingerprint density at radius 1 is 1.35 bits per heavy atom. The number of tetrazole rings is 1. The van der Waals surface area contributed by atoms with Crippen LogP contribution in [0, 0.1) is 6.92 Å². The van der Waals surface area contributed by atoms with E-state index in [1.54, 1.807) is 0 Å². The molecule has 104 valence electrons. The molecule has 4 rings (SSSR count). The average molecular weight is 271 g/mol. The van der Waals surface area contributed by atoms with Gasteiger partial charge in [0.1, 0.15) is 0 Å². The Balaban J connectivity index is 1.75. The highest BCUT2D eigenvalue weighted by molar-refractivity contribution is 5.63. The largest absolute Gasteiger partial charge is 0.399 e. The SMILES string of the molecule is Cc1cc(N)ccc1-c1nnnn1C1CC2CCC1O2. The van der Waals surface area contributed by atoms with Gasteiger partial charge in [0, 0.05) is 11.3 Å². The zero-order chi connectivity index (χ0) is 13.7. The van der Waals surface area contributed by atoms with Gasteiger partial charge in [0.2, 0.25) is 0 Å². The molecule has 0 aliphatic carbocycles. The minimum absolute atomic E-state index is 0.260. The molecule has 0 amide bonds. The first-order valence-corrected chi connectivity index (χ1v) is 7.02. The fourth-order valence-corrected chi connectivity index (χ4v) is 3.40. The molecule has 2 aromatic rings. The maximum absolute atomic E-state index is 5.91. The first-order valence-electron chi connectivity index (χ1n) is 7.02. The first-order chi connectivity index (χ1) is 9.72. The van der Waals surface area contributed by atoms with Crippen molar-refractivity contribution in [3.63, 3.8) is 0 Å². The zero-order valence-electron chi connectivity index (χ0n) is 11.4. The van der Waals surface area contributed by atoms with Crippen LogP contribution in [0.1, 0.15) is 30.9 Å². The molecule has 6 heteroatoms. The summed E-state index contributed by atoms with van der Waals surface area (Å²) in [6.45, 7) is 2.03. The van der Waals surface area contributed by atoms with Crippen molar-refractivity contribution < 1.29 is 4.74 Å². The van der Waals surface area contributed by atoms with Gasteiger partial charge in [-0.1, -0.05) is 0 Å². The van der Waals surface area contributed by atoms with E-state index in [4.69, 9.17) is 10.5 Å². The van der Waals surface area contributed by atoms with E-state index in [1.165, 1.54) is 6.42 Å². The molecule has 0 spiro atoms. The Labute approximate surface area is 116 Å². The number of nitrogen functional groups attached to an aromatic ring is 1. The molecular formula is C14H17N5O. The molecule has 0 saturated carbocycles. The number of fused-ring (bicyclic) bond motifs is 2. The van der Waals surface area contributed by atoms with E-state index in [2.05, 4.69) is 15.5 Å². The molecule has 3 heterocycles. The van der Waals surface area contributed by atoms with Gasteiger partial charge in [-0.15, -0.1) is 5.10 Å². The van der Waals surface area contributed by atoms with Crippen molar-refractivity contribution in [3.05, 3.63) is 23.8 Å². The molecule has 3 unspecified atom stereocenters. The van der Waals surface area contributed by atoms with Crippen LogP contribution in [0.4, 0.5) is 5.69 Å². The van der Waals surface area contributed by atoms with Crippen molar-refractivity contribution in [1.29, 1.82) is 0 Å². The van der Waals surface area contributed by atoms with Crippen molar-refractivity contribution in [2.24, 2.45) is 0 Å². The fourth-order valence-electron chi connectivity index (χ4n) is 3.40. The lowest BCUT2D eigenvalue weighted by Crippen LogP contribution is -2.23. The molecule has 3 atom stereocenters. The van der Waals surface area contributed by atoms with Crippen molar-refractivity contribution in [3.8, 4) is 11.4 Å². The van der Waals surface area contributed by atoms with Gasteiger partial charge in [0.25, 0.3) is 0 Å². The molecule has 1 aromatic heterocycles. The lowest BCUT2D eigenvalue weighted by Gasteiger charge is -2.20. The van der Waals surface area contributed by atoms with Gasteiger partial charge in [0.05, 0.1) is 18.2 Å². The van der Waals surface area contributed by atoms with Crippen LogP contribution in [0.2, 0.25) is 0 Å². The number of aromatic nitrogens is 4. The van der Waals surface area contributed by atoms with Gasteiger partial charge in [-0.25, -0.2) is 4.68 Å². The lowest BCUT2D eigenvalue weighted by molar-refractivity contribution is 0.0922. The van der Waals surface area contributed by atoms with Crippen LogP contribution in [0.25, 0.3) is 11.4 Å². The minimum Gasteiger partial charge on any atom is -0.399 e. The summed E-state index contributed by atoms with van der Waals surface area (Å²) in [4.78, 5) is 0. The monoisotopic (exact) mass is 271 g/mol. The molecule has 2 fully saturated rings. The highest BCUT2D eigenvalue weighted by Crippen LogP contribution is 2.42. The highest BCUT2D eigenvalue weighted by atomic mass is 16.5. The summed E-state index contributed by atoms with van der Waals surface area (Å²) in [5.41, 5.74) is 8.69.